The third-order valence-corrected chi connectivity index (χ3v) is 4.80. The third kappa shape index (κ3) is 4.02. The molecular weight excluding hydrogens is 328 g/mol. The lowest BCUT2D eigenvalue weighted by Gasteiger charge is -2.32. The number of nitrogens with zero attached hydrogens (tertiary/aromatic N) is 2. The van der Waals surface area contributed by atoms with E-state index in [1.807, 2.05) is 12.3 Å². The molecule has 2 heterocycles. The lowest BCUT2D eigenvalue weighted by Crippen LogP contribution is -2.35. The van der Waals surface area contributed by atoms with Crippen molar-refractivity contribution >= 4 is 35.1 Å². The first-order valence-corrected chi connectivity index (χ1v) is 8.72. The molecule has 0 spiro atoms. The van der Waals surface area contributed by atoms with E-state index in [2.05, 4.69) is 76.6 Å². The summed E-state index contributed by atoms with van der Waals surface area (Å²) in [6, 6.07) is 21.3. The molecule has 1 aliphatic heterocycles. The molecule has 0 bridgehead atoms. The average molecular weight is 351 g/mol. The van der Waals surface area contributed by atoms with Crippen LogP contribution >= 0.6 is 12.4 Å². The van der Waals surface area contributed by atoms with E-state index < -0.39 is 0 Å². The number of fused-ring (bicyclic) bond motifs is 1. The SMILES string of the molecule is C(=CC1CCCN(c2ccccn2)C1)c1cccc2ccccc12.Cl. The minimum atomic E-state index is 0. The second-order valence-electron chi connectivity index (χ2n) is 6.46. The van der Waals surface area contributed by atoms with Gasteiger partial charge in [0, 0.05) is 19.3 Å². The summed E-state index contributed by atoms with van der Waals surface area (Å²) in [5, 5.41) is 2.63. The smallest absolute Gasteiger partial charge is 0.128 e. The van der Waals surface area contributed by atoms with Gasteiger partial charge in [0.1, 0.15) is 5.82 Å². The Labute approximate surface area is 155 Å². The maximum Gasteiger partial charge on any atom is 0.128 e. The zero-order chi connectivity index (χ0) is 16.2. The third-order valence-electron chi connectivity index (χ3n) is 4.80. The zero-order valence-electron chi connectivity index (χ0n) is 14.2. The minimum Gasteiger partial charge on any atom is -0.356 e. The van der Waals surface area contributed by atoms with Gasteiger partial charge in [-0.25, -0.2) is 4.98 Å². The number of pyridine rings is 1. The molecule has 1 aromatic heterocycles. The Morgan fingerprint density at radius 2 is 1.80 bits per heavy atom. The number of aromatic nitrogens is 1. The van der Waals surface area contributed by atoms with Crippen LogP contribution < -0.4 is 4.90 Å². The molecule has 0 saturated carbocycles. The van der Waals surface area contributed by atoms with Crippen LogP contribution in [0.5, 0.6) is 0 Å². The van der Waals surface area contributed by atoms with Gasteiger partial charge in [0.15, 0.2) is 0 Å². The van der Waals surface area contributed by atoms with Crippen molar-refractivity contribution in [2.75, 3.05) is 18.0 Å². The molecule has 1 fully saturated rings. The van der Waals surface area contributed by atoms with Crippen LogP contribution in [-0.2, 0) is 0 Å². The van der Waals surface area contributed by atoms with Crippen LogP contribution in [0.3, 0.4) is 0 Å². The van der Waals surface area contributed by atoms with Crippen molar-refractivity contribution < 1.29 is 0 Å². The monoisotopic (exact) mass is 350 g/mol. The molecule has 0 N–H and O–H groups in total. The van der Waals surface area contributed by atoms with Gasteiger partial charge in [-0.05, 0) is 47.2 Å². The molecule has 1 unspecified atom stereocenters. The maximum absolute atomic E-state index is 4.50. The highest BCUT2D eigenvalue weighted by Gasteiger charge is 2.18. The molecule has 3 heteroatoms. The summed E-state index contributed by atoms with van der Waals surface area (Å²) < 4.78 is 0. The van der Waals surface area contributed by atoms with Crippen LogP contribution in [0.4, 0.5) is 5.82 Å². The molecule has 0 aliphatic carbocycles. The van der Waals surface area contributed by atoms with E-state index in [9.17, 15) is 0 Å². The highest BCUT2D eigenvalue weighted by molar-refractivity contribution is 5.90. The largest absolute Gasteiger partial charge is 0.356 e. The summed E-state index contributed by atoms with van der Waals surface area (Å²) in [7, 11) is 0. The molecule has 1 saturated heterocycles. The van der Waals surface area contributed by atoms with Gasteiger partial charge in [-0.2, -0.15) is 0 Å². The fourth-order valence-corrected chi connectivity index (χ4v) is 3.55. The number of benzene rings is 2. The summed E-state index contributed by atoms with van der Waals surface area (Å²) in [5.74, 6) is 1.68. The van der Waals surface area contributed by atoms with E-state index in [1.54, 1.807) is 0 Å². The molecule has 2 nitrogen and oxygen atoms in total. The second-order valence-corrected chi connectivity index (χ2v) is 6.46. The Hall–Kier alpha value is -2.32. The Morgan fingerprint density at radius 3 is 2.68 bits per heavy atom. The van der Waals surface area contributed by atoms with Crippen LogP contribution in [0.2, 0.25) is 0 Å². The van der Waals surface area contributed by atoms with Gasteiger partial charge >= 0.3 is 0 Å². The van der Waals surface area contributed by atoms with Gasteiger partial charge in [-0.15, -0.1) is 12.4 Å². The number of hydrogen-bond acceptors (Lipinski definition) is 2. The molecule has 2 aromatic carbocycles. The molecule has 1 atom stereocenters. The van der Waals surface area contributed by atoms with E-state index in [0.29, 0.717) is 5.92 Å². The van der Waals surface area contributed by atoms with Gasteiger partial charge in [-0.1, -0.05) is 60.7 Å². The van der Waals surface area contributed by atoms with Gasteiger partial charge in [0.2, 0.25) is 0 Å². The standard InChI is InChI=1S/C22H22N2.ClH/c1-2-11-21-19(8-1)9-5-10-20(21)14-13-18-7-6-16-24(17-18)22-12-3-4-15-23-22;/h1-5,8-15,18H,6-7,16-17H2;1H. The molecule has 4 rings (SSSR count). The quantitative estimate of drug-likeness (QED) is 0.612. The van der Waals surface area contributed by atoms with E-state index >= 15 is 0 Å². The molecule has 0 radical (unpaired) electrons. The fraction of sp³-hybridized carbons (Fsp3) is 0.227. The van der Waals surface area contributed by atoms with Crippen LogP contribution in [-0.4, -0.2) is 18.1 Å². The summed E-state index contributed by atoms with van der Waals surface area (Å²) in [6.07, 6.45) is 9.04. The molecule has 0 amide bonds. The van der Waals surface area contributed by atoms with Crippen molar-refractivity contribution in [3.63, 3.8) is 0 Å². The van der Waals surface area contributed by atoms with Gasteiger partial charge in [-0.3, -0.25) is 0 Å². The molecule has 25 heavy (non-hydrogen) atoms. The predicted molar refractivity (Wildman–Crippen MR) is 109 cm³/mol. The Bertz CT molecular complexity index is 840. The van der Waals surface area contributed by atoms with Crippen molar-refractivity contribution in [1.82, 2.24) is 4.98 Å². The summed E-state index contributed by atoms with van der Waals surface area (Å²) in [6.45, 7) is 2.16. The minimum absolute atomic E-state index is 0. The molecule has 3 aromatic rings. The van der Waals surface area contributed by atoms with Crippen LogP contribution in [0.1, 0.15) is 18.4 Å². The van der Waals surface area contributed by atoms with E-state index in [-0.39, 0.29) is 12.4 Å². The topological polar surface area (TPSA) is 16.1 Å². The second kappa shape index (κ2) is 8.17. The Balaban J connectivity index is 0.00000182. The first-order valence-electron chi connectivity index (χ1n) is 8.72. The van der Waals surface area contributed by atoms with Crippen molar-refractivity contribution in [2.24, 2.45) is 5.92 Å². The summed E-state index contributed by atoms with van der Waals surface area (Å²) in [5.41, 5.74) is 1.31. The predicted octanol–water partition coefficient (Wildman–Crippen LogP) is 5.59. The Morgan fingerprint density at radius 1 is 0.960 bits per heavy atom. The fourth-order valence-electron chi connectivity index (χ4n) is 3.55. The number of anilines is 1. The van der Waals surface area contributed by atoms with Gasteiger partial charge in [0.25, 0.3) is 0 Å². The van der Waals surface area contributed by atoms with Crippen LogP contribution in [0.15, 0.2) is 72.9 Å². The number of piperidine rings is 1. The number of rotatable bonds is 3. The zero-order valence-corrected chi connectivity index (χ0v) is 15.0. The van der Waals surface area contributed by atoms with Crippen LogP contribution in [0.25, 0.3) is 16.8 Å². The average Bonchev–Trinajstić information content (AvgIpc) is 2.67. The van der Waals surface area contributed by atoms with Crippen molar-refractivity contribution in [3.05, 3.63) is 78.5 Å². The summed E-state index contributed by atoms with van der Waals surface area (Å²) >= 11 is 0. The van der Waals surface area contributed by atoms with Crippen molar-refractivity contribution in [2.45, 2.75) is 12.8 Å². The van der Waals surface area contributed by atoms with Crippen LogP contribution in [0, 0.1) is 5.92 Å². The number of hydrogen-bond donors (Lipinski definition) is 0. The normalized spacial score (nSPS) is 17.6. The first kappa shape index (κ1) is 17.5. The van der Waals surface area contributed by atoms with Crippen molar-refractivity contribution in [3.8, 4) is 0 Å². The summed E-state index contributed by atoms with van der Waals surface area (Å²) in [4.78, 5) is 6.90. The lowest BCUT2D eigenvalue weighted by molar-refractivity contribution is 0.484. The van der Waals surface area contributed by atoms with Gasteiger partial charge < -0.3 is 4.90 Å². The highest BCUT2D eigenvalue weighted by atomic mass is 35.5. The van der Waals surface area contributed by atoms with E-state index in [1.165, 1.54) is 29.2 Å². The van der Waals surface area contributed by atoms with Crippen molar-refractivity contribution in [1.29, 1.82) is 0 Å². The molecule has 1 aliphatic rings. The Kier molecular flexibility index (Phi) is 5.72. The molecular formula is C22H23ClN2. The molecule has 128 valence electrons. The number of halogens is 1. The highest BCUT2D eigenvalue weighted by Crippen LogP contribution is 2.24. The lowest BCUT2D eigenvalue weighted by atomic mass is 9.95. The van der Waals surface area contributed by atoms with E-state index in [0.717, 1.165) is 18.9 Å². The van der Waals surface area contributed by atoms with E-state index in [4.69, 9.17) is 0 Å². The maximum atomic E-state index is 4.50. The first-order chi connectivity index (χ1) is 11.9. The van der Waals surface area contributed by atoms with Gasteiger partial charge in [0.05, 0.1) is 0 Å².